The number of nitrogens with zero attached hydrogens (tertiary/aromatic N) is 1. The minimum absolute atomic E-state index is 0.107. The van der Waals surface area contributed by atoms with Crippen LogP contribution in [0.1, 0.15) is 36.2 Å². The lowest BCUT2D eigenvalue weighted by molar-refractivity contribution is 0.0740. The molecule has 0 saturated carbocycles. The van der Waals surface area contributed by atoms with Crippen molar-refractivity contribution >= 4 is 11.6 Å². The van der Waals surface area contributed by atoms with Crippen molar-refractivity contribution < 1.29 is 4.79 Å². The number of hydrogen-bond acceptors (Lipinski definition) is 2. The first kappa shape index (κ1) is 12.0. The molecule has 3 nitrogen and oxygen atoms in total. The van der Waals surface area contributed by atoms with E-state index in [0.717, 1.165) is 30.6 Å². The monoisotopic (exact) mass is 232 g/mol. The lowest BCUT2D eigenvalue weighted by Gasteiger charge is -2.24. The molecule has 0 aliphatic carbocycles. The third kappa shape index (κ3) is 2.28. The summed E-state index contributed by atoms with van der Waals surface area (Å²) in [5.74, 6) is 0.107. The van der Waals surface area contributed by atoms with Gasteiger partial charge in [-0.1, -0.05) is 13.0 Å². The van der Waals surface area contributed by atoms with Crippen LogP contribution in [0.25, 0.3) is 0 Å². The van der Waals surface area contributed by atoms with Crippen molar-refractivity contribution in [3.8, 4) is 0 Å². The van der Waals surface area contributed by atoms with Crippen LogP contribution in [0, 0.1) is 0 Å². The van der Waals surface area contributed by atoms with Gasteiger partial charge in [0.1, 0.15) is 0 Å². The Bertz CT molecular complexity index is 428. The molecule has 0 saturated heterocycles. The molecule has 1 aromatic rings. The second kappa shape index (κ2) is 4.78. The maximum Gasteiger partial charge on any atom is 0.253 e. The second-order valence-electron chi connectivity index (χ2n) is 4.72. The van der Waals surface area contributed by atoms with Gasteiger partial charge in [0.2, 0.25) is 0 Å². The highest BCUT2D eigenvalue weighted by molar-refractivity contribution is 5.95. The van der Waals surface area contributed by atoms with Crippen LogP contribution in [-0.4, -0.2) is 30.4 Å². The molecule has 92 valence electrons. The van der Waals surface area contributed by atoms with Crippen LogP contribution in [0.4, 0.5) is 5.69 Å². The molecule has 2 rings (SSSR count). The molecule has 1 heterocycles. The molecule has 1 aliphatic rings. The van der Waals surface area contributed by atoms with Gasteiger partial charge < -0.3 is 10.2 Å². The van der Waals surface area contributed by atoms with Gasteiger partial charge >= 0.3 is 0 Å². The van der Waals surface area contributed by atoms with Gasteiger partial charge in [-0.05, 0) is 37.5 Å². The Morgan fingerprint density at radius 3 is 3.00 bits per heavy atom. The largest absolute Gasteiger partial charge is 0.384 e. The fourth-order valence-electron chi connectivity index (χ4n) is 2.10. The molecule has 1 unspecified atom stereocenters. The Morgan fingerprint density at radius 2 is 2.29 bits per heavy atom. The quantitative estimate of drug-likeness (QED) is 0.868. The highest BCUT2D eigenvalue weighted by Crippen LogP contribution is 2.24. The van der Waals surface area contributed by atoms with Crippen LogP contribution in [0.2, 0.25) is 0 Å². The van der Waals surface area contributed by atoms with Crippen LogP contribution < -0.4 is 5.32 Å². The lowest BCUT2D eigenvalue weighted by atomic mass is 10.1. The Morgan fingerprint density at radius 1 is 1.53 bits per heavy atom. The topological polar surface area (TPSA) is 32.3 Å². The minimum Gasteiger partial charge on any atom is -0.384 e. The number of anilines is 1. The van der Waals surface area contributed by atoms with Crippen LogP contribution >= 0.6 is 0 Å². The van der Waals surface area contributed by atoms with Gasteiger partial charge in [-0.3, -0.25) is 4.79 Å². The number of hydrogen-bond donors (Lipinski definition) is 1. The molecule has 17 heavy (non-hydrogen) atoms. The number of rotatable bonds is 3. The van der Waals surface area contributed by atoms with Crippen LogP contribution in [0.5, 0.6) is 0 Å². The van der Waals surface area contributed by atoms with Gasteiger partial charge in [0, 0.05) is 30.9 Å². The summed E-state index contributed by atoms with van der Waals surface area (Å²) in [7, 11) is 1.87. The first-order chi connectivity index (χ1) is 8.13. The predicted molar refractivity (Wildman–Crippen MR) is 70.5 cm³/mol. The summed E-state index contributed by atoms with van der Waals surface area (Å²) >= 11 is 0. The summed E-state index contributed by atoms with van der Waals surface area (Å²) < 4.78 is 0. The van der Waals surface area contributed by atoms with E-state index >= 15 is 0 Å². The number of fused-ring (bicyclic) bond motifs is 1. The van der Waals surface area contributed by atoms with Crippen molar-refractivity contribution in [3.63, 3.8) is 0 Å². The Balaban J connectivity index is 2.20. The zero-order valence-corrected chi connectivity index (χ0v) is 10.8. The van der Waals surface area contributed by atoms with E-state index in [1.807, 2.05) is 24.1 Å². The summed E-state index contributed by atoms with van der Waals surface area (Å²) in [4.78, 5) is 14.1. The number of amides is 1. The first-order valence-corrected chi connectivity index (χ1v) is 6.27. The van der Waals surface area contributed by atoms with Crippen LogP contribution in [0.15, 0.2) is 18.2 Å². The molecule has 1 N–H and O–H groups in total. The second-order valence-corrected chi connectivity index (χ2v) is 4.72. The van der Waals surface area contributed by atoms with Crippen molar-refractivity contribution in [2.45, 2.75) is 32.7 Å². The summed E-state index contributed by atoms with van der Waals surface area (Å²) in [6, 6.07) is 6.26. The zero-order chi connectivity index (χ0) is 12.4. The first-order valence-electron chi connectivity index (χ1n) is 6.27. The van der Waals surface area contributed by atoms with E-state index in [-0.39, 0.29) is 11.9 Å². The zero-order valence-electron chi connectivity index (χ0n) is 10.8. The SMILES string of the molecule is CCC(C)N(C)C(=O)c1ccc2c(c1)NCC2. The molecule has 0 spiro atoms. The number of nitrogens with one attached hydrogen (secondary N) is 1. The summed E-state index contributed by atoms with van der Waals surface area (Å²) in [6.07, 6.45) is 2.04. The maximum absolute atomic E-state index is 12.2. The molecule has 1 amide bonds. The number of carbonyl (C=O) groups is 1. The van der Waals surface area contributed by atoms with E-state index in [1.54, 1.807) is 0 Å². The minimum atomic E-state index is 0.107. The van der Waals surface area contributed by atoms with Gasteiger partial charge in [0.25, 0.3) is 5.91 Å². The molecule has 0 bridgehead atoms. The number of carbonyl (C=O) groups excluding carboxylic acids is 1. The highest BCUT2D eigenvalue weighted by atomic mass is 16.2. The summed E-state index contributed by atoms with van der Waals surface area (Å²) in [5.41, 5.74) is 3.21. The van der Waals surface area contributed by atoms with Crippen LogP contribution in [-0.2, 0) is 6.42 Å². The molecule has 0 radical (unpaired) electrons. The molecule has 0 fully saturated rings. The Kier molecular flexibility index (Phi) is 3.36. The van der Waals surface area contributed by atoms with E-state index in [4.69, 9.17) is 0 Å². The molecule has 1 atom stereocenters. The molecular formula is C14H20N2O. The van der Waals surface area contributed by atoms with Gasteiger partial charge in [-0.15, -0.1) is 0 Å². The third-order valence-electron chi connectivity index (χ3n) is 3.64. The normalized spacial score (nSPS) is 15.0. The van der Waals surface area contributed by atoms with E-state index in [0.29, 0.717) is 0 Å². The smallest absolute Gasteiger partial charge is 0.253 e. The Hall–Kier alpha value is -1.51. The fourth-order valence-corrected chi connectivity index (χ4v) is 2.10. The van der Waals surface area contributed by atoms with E-state index in [2.05, 4.69) is 25.2 Å². The Labute approximate surface area is 103 Å². The van der Waals surface area contributed by atoms with Crippen molar-refractivity contribution in [2.24, 2.45) is 0 Å². The van der Waals surface area contributed by atoms with Gasteiger partial charge in [-0.2, -0.15) is 0 Å². The number of benzene rings is 1. The molecule has 1 aromatic carbocycles. The van der Waals surface area contributed by atoms with Gasteiger partial charge in [0.05, 0.1) is 0 Å². The van der Waals surface area contributed by atoms with Crippen LogP contribution in [0.3, 0.4) is 0 Å². The maximum atomic E-state index is 12.2. The highest BCUT2D eigenvalue weighted by Gasteiger charge is 2.18. The standard InChI is InChI=1S/C14H20N2O/c1-4-10(2)16(3)14(17)12-6-5-11-7-8-15-13(11)9-12/h5-6,9-10,15H,4,7-8H2,1-3H3. The van der Waals surface area contributed by atoms with Crippen molar-refractivity contribution in [1.29, 1.82) is 0 Å². The third-order valence-corrected chi connectivity index (χ3v) is 3.64. The van der Waals surface area contributed by atoms with Crippen molar-refractivity contribution in [3.05, 3.63) is 29.3 Å². The van der Waals surface area contributed by atoms with E-state index in [1.165, 1.54) is 5.56 Å². The average molecular weight is 232 g/mol. The molecule has 1 aliphatic heterocycles. The predicted octanol–water partition coefficient (Wildman–Crippen LogP) is 2.53. The molecule has 0 aromatic heterocycles. The van der Waals surface area contributed by atoms with E-state index < -0.39 is 0 Å². The molecular weight excluding hydrogens is 212 g/mol. The van der Waals surface area contributed by atoms with Gasteiger partial charge in [0.15, 0.2) is 0 Å². The van der Waals surface area contributed by atoms with E-state index in [9.17, 15) is 4.79 Å². The van der Waals surface area contributed by atoms with Crippen molar-refractivity contribution in [2.75, 3.05) is 18.9 Å². The van der Waals surface area contributed by atoms with Gasteiger partial charge in [-0.25, -0.2) is 0 Å². The summed E-state index contributed by atoms with van der Waals surface area (Å²) in [5, 5.41) is 3.31. The average Bonchev–Trinajstić information content (AvgIpc) is 2.83. The fraction of sp³-hybridized carbons (Fsp3) is 0.500. The van der Waals surface area contributed by atoms with Crippen molar-refractivity contribution in [1.82, 2.24) is 4.90 Å². The summed E-state index contributed by atoms with van der Waals surface area (Å²) in [6.45, 7) is 5.15. The molecule has 3 heteroatoms. The lowest BCUT2D eigenvalue weighted by Crippen LogP contribution is -2.34.